The van der Waals surface area contributed by atoms with Gasteiger partial charge in [-0.15, -0.1) is 6.58 Å². The van der Waals surface area contributed by atoms with Crippen molar-refractivity contribution in [3.8, 4) is 0 Å². The lowest BCUT2D eigenvalue weighted by atomic mass is 9.44. The molecule has 3 fully saturated rings. The first kappa shape index (κ1) is 18.0. The van der Waals surface area contributed by atoms with Gasteiger partial charge in [-0.05, 0) is 80.1 Å². The van der Waals surface area contributed by atoms with E-state index in [0.717, 1.165) is 38.5 Å². The van der Waals surface area contributed by atoms with E-state index in [1.54, 1.807) is 0 Å². The van der Waals surface area contributed by atoms with Crippen molar-refractivity contribution in [3.05, 3.63) is 24.3 Å². The lowest BCUT2D eigenvalue weighted by Crippen LogP contribution is -2.54. The van der Waals surface area contributed by atoms with Gasteiger partial charge < -0.3 is 4.74 Å². The van der Waals surface area contributed by atoms with E-state index in [1.807, 2.05) is 6.08 Å². The second kappa shape index (κ2) is 6.35. The molecule has 0 amide bonds. The molecular weight excluding hydrogens is 324 g/mol. The topological polar surface area (TPSA) is 43.4 Å². The minimum Gasteiger partial charge on any atom is -0.464 e. The summed E-state index contributed by atoms with van der Waals surface area (Å²) in [7, 11) is 0. The molecule has 142 valence electrons. The van der Waals surface area contributed by atoms with Crippen LogP contribution in [0.15, 0.2) is 24.3 Å². The predicted octanol–water partition coefficient (Wildman–Crippen LogP) is 4.86. The van der Waals surface area contributed by atoms with Crippen LogP contribution in [0.3, 0.4) is 0 Å². The number of allylic oxidation sites excluding steroid dienone is 2. The Morgan fingerprint density at radius 2 is 2.04 bits per heavy atom. The average molecular weight is 357 g/mol. The summed E-state index contributed by atoms with van der Waals surface area (Å²) in [5, 5.41) is 0. The fourth-order valence-electron chi connectivity index (χ4n) is 7.40. The molecule has 26 heavy (non-hydrogen) atoms. The number of ketones is 1. The Bertz CT molecular complexity index is 650. The predicted molar refractivity (Wildman–Crippen MR) is 101 cm³/mol. The van der Waals surface area contributed by atoms with Gasteiger partial charge in [-0.2, -0.15) is 0 Å². The zero-order valence-corrected chi connectivity index (χ0v) is 16.2. The summed E-state index contributed by atoms with van der Waals surface area (Å²) in [5.74, 6) is 2.81. The summed E-state index contributed by atoms with van der Waals surface area (Å²) >= 11 is 0. The van der Waals surface area contributed by atoms with Crippen LogP contribution in [0.1, 0.15) is 65.2 Å². The normalized spacial score (nSPS) is 47.2. The smallest absolute Gasteiger partial charge is 0.293 e. The van der Waals surface area contributed by atoms with E-state index >= 15 is 0 Å². The Kier molecular flexibility index (Phi) is 4.40. The minimum absolute atomic E-state index is 0.0769. The molecule has 4 rings (SSSR count). The molecule has 0 radical (unpaired) electrons. The summed E-state index contributed by atoms with van der Waals surface area (Å²) in [6.07, 6.45) is 12.4. The van der Waals surface area contributed by atoms with E-state index in [4.69, 9.17) is 4.74 Å². The largest absolute Gasteiger partial charge is 0.464 e. The maximum Gasteiger partial charge on any atom is 0.293 e. The summed E-state index contributed by atoms with van der Waals surface area (Å²) in [5.41, 5.74) is 1.70. The number of ether oxygens (including phenoxy) is 1. The van der Waals surface area contributed by atoms with E-state index < -0.39 is 0 Å². The standard InChI is InChI=1S/C23H32O3/c1-4-5-15-12-16-13-17(25)8-10-22(16,2)19-9-11-23(3)18(21(15)19)6-7-20(23)26-14-24/h4,13-15,18-21H,1,5-12H2,2-3H3/t15-,18?,19?,20+,21?,22+,23+/m1/s1. The maximum absolute atomic E-state index is 12.1. The maximum atomic E-state index is 12.1. The van der Waals surface area contributed by atoms with Crippen LogP contribution in [0, 0.1) is 34.5 Å². The average Bonchev–Trinajstić information content (AvgIpc) is 2.94. The molecule has 0 aromatic heterocycles. The van der Waals surface area contributed by atoms with Crippen LogP contribution in [0.5, 0.6) is 0 Å². The van der Waals surface area contributed by atoms with Crippen molar-refractivity contribution in [3.63, 3.8) is 0 Å². The number of carbonyl (C=O) groups is 2. The molecule has 0 aliphatic heterocycles. The first-order chi connectivity index (χ1) is 12.4. The third kappa shape index (κ3) is 2.46. The van der Waals surface area contributed by atoms with Crippen molar-refractivity contribution in [2.24, 2.45) is 34.5 Å². The first-order valence-electron chi connectivity index (χ1n) is 10.4. The summed E-state index contributed by atoms with van der Waals surface area (Å²) in [4.78, 5) is 23.1. The van der Waals surface area contributed by atoms with E-state index in [1.165, 1.54) is 12.0 Å². The Morgan fingerprint density at radius 3 is 2.77 bits per heavy atom. The molecule has 0 saturated heterocycles. The van der Waals surface area contributed by atoms with E-state index in [-0.39, 0.29) is 16.9 Å². The fourth-order valence-corrected chi connectivity index (χ4v) is 7.40. The lowest BCUT2D eigenvalue weighted by Gasteiger charge is -2.60. The van der Waals surface area contributed by atoms with Crippen LogP contribution in [-0.2, 0) is 14.3 Å². The SMILES string of the molecule is C=CC[C@@H]1CC2=CC(=O)CC[C@]2(C)C2CC[C@@]3(C)C(CC[C@@H]3OC=O)C21. The van der Waals surface area contributed by atoms with Crippen molar-refractivity contribution in [2.75, 3.05) is 0 Å². The van der Waals surface area contributed by atoms with Gasteiger partial charge in [-0.25, -0.2) is 0 Å². The monoisotopic (exact) mass is 356 g/mol. The van der Waals surface area contributed by atoms with Gasteiger partial charge in [0.1, 0.15) is 6.10 Å². The minimum atomic E-state index is 0.0769. The highest BCUT2D eigenvalue weighted by molar-refractivity contribution is 5.91. The van der Waals surface area contributed by atoms with Crippen LogP contribution in [0.2, 0.25) is 0 Å². The van der Waals surface area contributed by atoms with Crippen molar-refractivity contribution in [1.29, 1.82) is 0 Å². The highest BCUT2D eigenvalue weighted by atomic mass is 16.5. The van der Waals surface area contributed by atoms with Gasteiger partial charge in [0.15, 0.2) is 5.78 Å². The molecule has 0 N–H and O–H groups in total. The first-order valence-corrected chi connectivity index (χ1v) is 10.4. The fraction of sp³-hybridized carbons (Fsp3) is 0.739. The Hall–Kier alpha value is -1.38. The third-order valence-electron chi connectivity index (χ3n) is 8.74. The van der Waals surface area contributed by atoms with Gasteiger partial charge in [-0.3, -0.25) is 9.59 Å². The van der Waals surface area contributed by atoms with Crippen LogP contribution in [-0.4, -0.2) is 18.4 Å². The van der Waals surface area contributed by atoms with Crippen LogP contribution in [0.25, 0.3) is 0 Å². The van der Waals surface area contributed by atoms with Gasteiger partial charge in [0, 0.05) is 11.8 Å². The molecule has 4 aliphatic rings. The molecule has 0 aromatic carbocycles. The number of rotatable bonds is 4. The highest BCUT2D eigenvalue weighted by Crippen LogP contribution is 2.67. The van der Waals surface area contributed by atoms with Crippen molar-refractivity contribution < 1.29 is 14.3 Å². The molecule has 4 aliphatic carbocycles. The number of carbonyl (C=O) groups excluding carboxylic acids is 2. The van der Waals surface area contributed by atoms with Gasteiger partial charge in [-0.1, -0.05) is 25.5 Å². The summed E-state index contributed by atoms with van der Waals surface area (Å²) in [6.45, 7) is 9.45. The summed E-state index contributed by atoms with van der Waals surface area (Å²) < 4.78 is 5.54. The zero-order chi connectivity index (χ0) is 18.5. The van der Waals surface area contributed by atoms with Gasteiger partial charge >= 0.3 is 0 Å². The van der Waals surface area contributed by atoms with Crippen molar-refractivity contribution in [1.82, 2.24) is 0 Å². The summed E-state index contributed by atoms with van der Waals surface area (Å²) in [6, 6.07) is 0. The lowest BCUT2D eigenvalue weighted by molar-refractivity contribution is -0.147. The second-order valence-corrected chi connectivity index (χ2v) is 9.68. The van der Waals surface area contributed by atoms with Crippen LogP contribution < -0.4 is 0 Å². The molecule has 0 spiro atoms. The number of fused-ring (bicyclic) bond motifs is 5. The molecule has 0 heterocycles. The van der Waals surface area contributed by atoms with E-state index in [9.17, 15) is 9.59 Å². The van der Waals surface area contributed by atoms with Gasteiger partial charge in [0.2, 0.25) is 0 Å². The molecular formula is C23H32O3. The molecule has 0 aromatic rings. The van der Waals surface area contributed by atoms with Crippen LogP contribution in [0.4, 0.5) is 0 Å². The molecule has 7 atom stereocenters. The Labute approximate surface area is 157 Å². The number of hydrogen-bond donors (Lipinski definition) is 0. The quantitative estimate of drug-likeness (QED) is 0.533. The molecule has 3 nitrogen and oxygen atoms in total. The van der Waals surface area contributed by atoms with Gasteiger partial charge in [0.25, 0.3) is 6.47 Å². The Morgan fingerprint density at radius 1 is 1.23 bits per heavy atom. The second-order valence-electron chi connectivity index (χ2n) is 9.68. The van der Waals surface area contributed by atoms with E-state index in [2.05, 4.69) is 26.5 Å². The highest BCUT2D eigenvalue weighted by Gasteiger charge is 2.61. The van der Waals surface area contributed by atoms with Crippen molar-refractivity contribution >= 4 is 12.3 Å². The van der Waals surface area contributed by atoms with Crippen molar-refractivity contribution in [2.45, 2.75) is 71.3 Å². The zero-order valence-electron chi connectivity index (χ0n) is 16.2. The molecule has 3 heteroatoms. The molecule has 0 bridgehead atoms. The molecule has 3 unspecified atom stereocenters. The van der Waals surface area contributed by atoms with Gasteiger partial charge in [0.05, 0.1) is 0 Å². The van der Waals surface area contributed by atoms with E-state index in [0.29, 0.717) is 42.3 Å². The van der Waals surface area contributed by atoms with Crippen LogP contribution >= 0.6 is 0 Å². The third-order valence-corrected chi connectivity index (χ3v) is 8.74. The molecule has 3 saturated carbocycles. The number of hydrogen-bond acceptors (Lipinski definition) is 3. The Balaban J connectivity index is 1.72.